The molecule has 0 fully saturated rings. The minimum atomic E-state index is -4.07. The Bertz CT molecular complexity index is 744. The van der Waals surface area contributed by atoms with Crippen molar-refractivity contribution in [2.45, 2.75) is 18.2 Å². The third-order valence-corrected chi connectivity index (χ3v) is 4.17. The Morgan fingerprint density at radius 2 is 2.00 bits per heavy atom. The van der Waals surface area contributed by atoms with E-state index in [1.165, 1.54) is 32.2 Å². The van der Waals surface area contributed by atoms with Crippen LogP contribution in [0, 0.1) is 6.92 Å². The number of hydrogen-bond acceptors (Lipinski definition) is 4. The number of ether oxygens (including phenoxy) is 1. The van der Waals surface area contributed by atoms with E-state index in [1.807, 2.05) is 0 Å². The Hall–Kier alpha value is -2.16. The third-order valence-electron chi connectivity index (χ3n) is 2.78. The molecule has 0 bridgehead atoms. The summed E-state index contributed by atoms with van der Waals surface area (Å²) in [6, 6.07) is 5.89. The highest BCUT2D eigenvalue weighted by atomic mass is 32.2. The number of aryl methyl sites for hydroxylation is 1. The van der Waals surface area contributed by atoms with E-state index in [9.17, 15) is 17.2 Å². The van der Waals surface area contributed by atoms with Crippen molar-refractivity contribution in [2.24, 2.45) is 0 Å². The number of aromatic nitrogens is 2. The lowest BCUT2D eigenvalue weighted by Gasteiger charge is -2.11. The van der Waals surface area contributed by atoms with E-state index in [0.29, 0.717) is 0 Å². The highest BCUT2D eigenvalue weighted by Crippen LogP contribution is 2.31. The smallest absolute Gasteiger partial charge is 0.284 e. The largest absolute Gasteiger partial charge is 0.495 e. The summed E-state index contributed by atoms with van der Waals surface area (Å²) in [5.41, 5.74) is -0.703. The van der Waals surface area contributed by atoms with E-state index < -0.39 is 22.1 Å². The number of methoxy groups -OCH3 is 1. The second-order valence-electron chi connectivity index (χ2n) is 4.17. The van der Waals surface area contributed by atoms with Gasteiger partial charge in [-0.3, -0.25) is 9.82 Å². The van der Waals surface area contributed by atoms with E-state index in [-0.39, 0.29) is 22.0 Å². The highest BCUT2D eigenvalue weighted by Gasteiger charge is 2.25. The summed E-state index contributed by atoms with van der Waals surface area (Å²) in [5, 5.41) is 5.74. The summed E-state index contributed by atoms with van der Waals surface area (Å²) in [6.45, 7) is 1.44. The second-order valence-corrected chi connectivity index (χ2v) is 5.82. The summed E-state index contributed by atoms with van der Waals surface area (Å²) in [4.78, 5) is -0.145. The van der Waals surface area contributed by atoms with Crippen LogP contribution < -0.4 is 9.46 Å². The Balaban J connectivity index is 2.45. The molecule has 0 saturated heterocycles. The molecule has 0 spiro atoms. The summed E-state index contributed by atoms with van der Waals surface area (Å²) in [6.07, 6.45) is -2.90. The van der Waals surface area contributed by atoms with Crippen LogP contribution in [0.25, 0.3) is 0 Å². The molecule has 6 nitrogen and oxygen atoms in total. The number of halogens is 2. The molecule has 0 radical (unpaired) electrons. The molecule has 1 aromatic carbocycles. The van der Waals surface area contributed by atoms with Crippen molar-refractivity contribution in [1.29, 1.82) is 0 Å². The Labute approximate surface area is 120 Å². The van der Waals surface area contributed by atoms with Gasteiger partial charge in [-0.05, 0) is 19.1 Å². The van der Waals surface area contributed by atoms with Crippen LogP contribution in [-0.4, -0.2) is 25.7 Å². The maximum Gasteiger partial charge on any atom is 0.284 e. The van der Waals surface area contributed by atoms with Crippen LogP contribution in [0.15, 0.2) is 29.2 Å². The average molecular weight is 317 g/mol. The van der Waals surface area contributed by atoms with Crippen molar-refractivity contribution in [3.05, 3.63) is 35.7 Å². The summed E-state index contributed by atoms with van der Waals surface area (Å²) < 4.78 is 57.4. The first-order valence-electron chi connectivity index (χ1n) is 5.85. The summed E-state index contributed by atoms with van der Waals surface area (Å²) in [7, 11) is -2.75. The number of anilines is 1. The van der Waals surface area contributed by atoms with Gasteiger partial charge in [0.05, 0.1) is 18.5 Å². The number of rotatable bonds is 5. The zero-order valence-corrected chi connectivity index (χ0v) is 12.0. The van der Waals surface area contributed by atoms with Gasteiger partial charge in [0.1, 0.15) is 10.6 Å². The fraction of sp³-hybridized carbons (Fsp3) is 0.250. The quantitative estimate of drug-likeness (QED) is 0.887. The second kappa shape index (κ2) is 5.68. The molecule has 1 heterocycles. The van der Waals surface area contributed by atoms with Crippen LogP contribution >= 0.6 is 0 Å². The van der Waals surface area contributed by atoms with Crippen molar-refractivity contribution >= 4 is 15.7 Å². The molecule has 0 saturated carbocycles. The molecule has 0 aliphatic rings. The summed E-state index contributed by atoms with van der Waals surface area (Å²) in [5.74, 6) is 0.116. The number of H-pyrrole nitrogens is 1. The predicted octanol–water partition coefficient (Wildman–Crippen LogP) is 2.47. The molecule has 9 heteroatoms. The fourth-order valence-electron chi connectivity index (χ4n) is 1.76. The van der Waals surface area contributed by atoms with Gasteiger partial charge in [0, 0.05) is 0 Å². The van der Waals surface area contributed by atoms with Gasteiger partial charge in [0.15, 0.2) is 5.69 Å². The number of nitrogens with one attached hydrogen (secondary N) is 2. The molecule has 21 heavy (non-hydrogen) atoms. The van der Waals surface area contributed by atoms with Crippen LogP contribution in [0.5, 0.6) is 5.75 Å². The van der Waals surface area contributed by atoms with E-state index in [1.54, 1.807) is 6.07 Å². The molecule has 2 aromatic rings. The number of hydrogen-bond donors (Lipinski definition) is 2. The van der Waals surface area contributed by atoms with Crippen molar-refractivity contribution in [2.75, 3.05) is 11.8 Å². The van der Waals surface area contributed by atoms with Gasteiger partial charge in [-0.25, -0.2) is 17.2 Å². The highest BCUT2D eigenvalue weighted by molar-refractivity contribution is 7.92. The van der Waals surface area contributed by atoms with Gasteiger partial charge in [-0.2, -0.15) is 5.10 Å². The topological polar surface area (TPSA) is 84.1 Å². The van der Waals surface area contributed by atoms with E-state index >= 15 is 0 Å². The lowest BCUT2D eigenvalue weighted by molar-refractivity contribution is 0.147. The van der Waals surface area contributed by atoms with E-state index in [2.05, 4.69) is 14.9 Å². The predicted molar refractivity (Wildman–Crippen MR) is 72.1 cm³/mol. The zero-order valence-electron chi connectivity index (χ0n) is 11.2. The minimum absolute atomic E-state index is 0.116. The first-order chi connectivity index (χ1) is 9.86. The summed E-state index contributed by atoms with van der Waals surface area (Å²) >= 11 is 0. The zero-order chi connectivity index (χ0) is 15.6. The number of sulfonamides is 1. The number of benzene rings is 1. The van der Waals surface area contributed by atoms with E-state index in [4.69, 9.17) is 4.74 Å². The normalized spacial score (nSPS) is 11.7. The fourth-order valence-corrected chi connectivity index (χ4v) is 3.08. The number of alkyl halides is 2. The van der Waals surface area contributed by atoms with Crippen LogP contribution in [0.2, 0.25) is 0 Å². The average Bonchev–Trinajstić information content (AvgIpc) is 2.80. The molecular weight excluding hydrogens is 304 g/mol. The molecule has 114 valence electrons. The molecule has 0 atom stereocenters. The van der Waals surface area contributed by atoms with Crippen LogP contribution in [0.1, 0.15) is 17.8 Å². The lowest BCUT2D eigenvalue weighted by atomic mass is 10.3. The third kappa shape index (κ3) is 2.97. The lowest BCUT2D eigenvalue weighted by Crippen LogP contribution is -2.15. The van der Waals surface area contributed by atoms with Gasteiger partial charge in [0.2, 0.25) is 0 Å². The molecule has 0 aliphatic heterocycles. The van der Waals surface area contributed by atoms with Gasteiger partial charge < -0.3 is 4.74 Å². The standard InChI is InChI=1S/C12H13F2N3O3S/c1-7-10(11(12(13)14)16-15-7)17-21(18,19)9-6-4-3-5-8(9)20-2/h3-6,12,17H,1-2H3,(H,15,16). The molecule has 1 aromatic heterocycles. The van der Waals surface area contributed by atoms with Crippen LogP contribution in [0.3, 0.4) is 0 Å². The van der Waals surface area contributed by atoms with Gasteiger partial charge in [-0.1, -0.05) is 12.1 Å². The first-order valence-corrected chi connectivity index (χ1v) is 7.34. The van der Waals surface area contributed by atoms with Crippen LogP contribution in [-0.2, 0) is 10.0 Å². The first kappa shape index (κ1) is 15.2. The maximum atomic E-state index is 12.8. The Morgan fingerprint density at radius 3 is 2.62 bits per heavy atom. The van der Waals surface area contributed by atoms with Gasteiger partial charge in [-0.15, -0.1) is 0 Å². The number of nitrogens with zero attached hydrogens (tertiary/aromatic N) is 1. The number of aromatic amines is 1. The number of para-hydroxylation sites is 1. The minimum Gasteiger partial charge on any atom is -0.495 e. The maximum absolute atomic E-state index is 12.8. The molecular formula is C12H13F2N3O3S. The van der Waals surface area contributed by atoms with Crippen molar-refractivity contribution in [1.82, 2.24) is 10.2 Å². The van der Waals surface area contributed by atoms with Gasteiger partial charge >= 0.3 is 0 Å². The van der Waals surface area contributed by atoms with Crippen molar-refractivity contribution in [3.8, 4) is 5.75 Å². The monoisotopic (exact) mass is 317 g/mol. The molecule has 0 amide bonds. The van der Waals surface area contributed by atoms with E-state index in [0.717, 1.165) is 0 Å². The molecule has 0 unspecified atom stereocenters. The molecule has 2 N–H and O–H groups in total. The van der Waals surface area contributed by atoms with Crippen LogP contribution in [0.4, 0.5) is 14.5 Å². The Kier molecular flexibility index (Phi) is 4.12. The molecule has 0 aliphatic carbocycles. The molecule has 2 rings (SSSR count). The van der Waals surface area contributed by atoms with Crippen molar-refractivity contribution in [3.63, 3.8) is 0 Å². The SMILES string of the molecule is COc1ccccc1S(=O)(=O)Nc1c(C(F)F)n[nH]c1C. The Morgan fingerprint density at radius 1 is 1.33 bits per heavy atom. The van der Waals surface area contributed by atoms with Gasteiger partial charge in [0.25, 0.3) is 16.4 Å². The van der Waals surface area contributed by atoms with Crippen molar-refractivity contribution < 1.29 is 21.9 Å².